The van der Waals surface area contributed by atoms with Gasteiger partial charge in [0.05, 0.1) is 19.4 Å². The molecule has 1 saturated carbocycles. The maximum Gasteiger partial charge on any atom is 0.123 e. The quantitative estimate of drug-likeness (QED) is 0.584. The second-order valence-electron chi connectivity index (χ2n) is 9.59. The fraction of sp³-hybridized carbons (Fsp3) is 0.714. The van der Waals surface area contributed by atoms with Gasteiger partial charge in [-0.15, -0.1) is 0 Å². The van der Waals surface area contributed by atoms with Crippen LogP contribution in [0.25, 0.3) is 0 Å². The topological polar surface area (TPSA) is 18.5 Å². The molecular formula is C21H31O2P. The third kappa shape index (κ3) is 2.22. The van der Waals surface area contributed by atoms with Gasteiger partial charge < -0.3 is 9.26 Å². The average Bonchev–Trinajstić information content (AvgIpc) is 3.02. The first-order chi connectivity index (χ1) is 11.1. The second kappa shape index (κ2) is 4.98. The van der Waals surface area contributed by atoms with Crippen LogP contribution in [0.3, 0.4) is 0 Å². The molecule has 1 saturated heterocycles. The van der Waals surface area contributed by atoms with Crippen molar-refractivity contribution in [2.75, 3.05) is 6.16 Å². The average molecular weight is 346 g/mol. The molecule has 1 aliphatic carbocycles. The lowest BCUT2D eigenvalue weighted by Gasteiger charge is -2.57. The largest absolute Gasteiger partial charge is 0.473 e. The van der Waals surface area contributed by atoms with Crippen LogP contribution in [0.1, 0.15) is 78.4 Å². The van der Waals surface area contributed by atoms with Crippen LogP contribution >= 0.6 is 8.15 Å². The van der Waals surface area contributed by atoms with E-state index in [2.05, 4.69) is 59.7 Å². The Balaban J connectivity index is 1.63. The summed E-state index contributed by atoms with van der Waals surface area (Å²) in [7, 11) is -0.402. The van der Waals surface area contributed by atoms with Crippen LogP contribution in [-0.4, -0.2) is 11.3 Å². The molecule has 0 N–H and O–H groups in total. The summed E-state index contributed by atoms with van der Waals surface area (Å²) in [6.45, 7) is 13.9. The summed E-state index contributed by atoms with van der Waals surface area (Å²) in [5, 5.41) is 0.278. The van der Waals surface area contributed by atoms with Gasteiger partial charge in [-0.2, -0.15) is 0 Å². The van der Waals surface area contributed by atoms with Gasteiger partial charge in [-0.3, -0.25) is 0 Å². The SMILES string of the molecule is CC1(C)OC2(CCCC2)c2ccc(OP3CC(C)(C)C3(C)C)cc21. The smallest absolute Gasteiger partial charge is 0.123 e. The molecule has 132 valence electrons. The predicted molar refractivity (Wildman–Crippen MR) is 101 cm³/mol. The monoisotopic (exact) mass is 346 g/mol. The van der Waals surface area contributed by atoms with Crippen LogP contribution in [0.4, 0.5) is 0 Å². The van der Waals surface area contributed by atoms with E-state index in [1.54, 1.807) is 0 Å². The maximum absolute atomic E-state index is 6.59. The molecule has 2 fully saturated rings. The van der Waals surface area contributed by atoms with E-state index in [0.717, 1.165) is 18.6 Å². The van der Waals surface area contributed by atoms with E-state index in [4.69, 9.17) is 9.26 Å². The van der Waals surface area contributed by atoms with E-state index in [9.17, 15) is 0 Å². The molecule has 0 radical (unpaired) electrons. The Morgan fingerprint density at radius 2 is 1.62 bits per heavy atom. The number of hydrogen-bond acceptors (Lipinski definition) is 2. The van der Waals surface area contributed by atoms with E-state index in [1.807, 2.05) is 0 Å². The van der Waals surface area contributed by atoms with Gasteiger partial charge in [0.25, 0.3) is 0 Å². The van der Waals surface area contributed by atoms with Crippen molar-refractivity contribution in [2.45, 2.75) is 83.6 Å². The number of rotatable bonds is 2. The Labute approximate surface area is 148 Å². The standard InChI is InChI=1S/C21H31O2P/c1-18(2)14-24(20(18,5)6)22-15-9-10-16-17(13-15)19(3,4)23-21(16)11-7-8-12-21/h9-10,13H,7-8,11-12,14H2,1-6H3. The highest BCUT2D eigenvalue weighted by Crippen LogP contribution is 2.70. The number of fused-ring (bicyclic) bond motifs is 2. The van der Waals surface area contributed by atoms with E-state index in [1.165, 1.54) is 30.1 Å². The van der Waals surface area contributed by atoms with Gasteiger partial charge >= 0.3 is 0 Å². The first-order valence-corrected chi connectivity index (χ1v) is 10.8. The molecule has 24 heavy (non-hydrogen) atoms. The normalized spacial score (nSPS) is 30.8. The Bertz CT molecular complexity index is 668. The van der Waals surface area contributed by atoms with E-state index in [-0.39, 0.29) is 16.4 Å². The molecule has 1 spiro atoms. The third-order valence-corrected chi connectivity index (χ3v) is 10.4. The van der Waals surface area contributed by atoms with Crippen LogP contribution in [0, 0.1) is 5.41 Å². The minimum atomic E-state index is -0.402. The molecule has 2 aliphatic heterocycles. The van der Waals surface area contributed by atoms with Crippen molar-refractivity contribution in [2.24, 2.45) is 5.41 Å². The van der Waals surface area contributed by atoms with Gasteiger partial charge in [-0.05, 0) is 55.4 Å². The fourth-order valence-corrected chi connectivity index (χ4v) is 7.32. The zero-order valence-corrected chi connectivity index (χ0v) is 16.9. The molecule has 1 atom stereocenters. The lowest BCUT2D eigenvalue weighted by atomic mass is 9.81. The van der Waals surface area contributed by atoms with Crippen molar-refractivity contribution in [3.05, 3.63) is 29.3 Å². The molecule has 0 bridgehead atoms. The molecule has 2 nitrogen and oxygen atoms in total. The zero-order valence-electron chi connectivity index (χ0n) is 16.0. The summed E-state index contributed by atoms with van der Waals surface area (Å²) >= 11 is 0. The first-order valence-electron chi connectivity index (χ1n) is 9.38. The summed E-state index contributed by atoms with van der Waals surface area (Å²) in [4.78, 5) is 0. The minimum absolute atomic E-state index is 0.0274. The minimum Gasteiger partial charge on any atom is -0.473 e. The van der Waals surface area contributed by atoms with E-state index in [0.29, 0.717) is 5.41 Å². The summed E-state index contributed by atoms with van der Waals surface area (Å²) in [5.74, 6) is 1.04. The Morgan fingerprint density at radius 1 is 0.958 bits per heavy atom. The molecule has 1 aromatic rings. The van der Waals surface area contributed by atoms with Gasteiger partial charge in [0.1, 0.15) is 5.75 Å². The van der Waals surface area contributed by atoms with Crippen LogP contribution < -0.4 is 4.52 Å². The highest BCUT2D eigenvalue weighted by molar-refractivity contribution is 7.56. The van der Waals surface area contributed by atoms with Gasteiger partial charge in [-0.1, -0.05) is 46.6 Å². The summed E-state index contributed by atoms with van der Waals surface area (Å²) in [6, 6.07) is 6.75. The van der Waals surface area contributed by atoms with Gasteiger partial charge in [0, 0.05) is 11.3 Å². The number of benzene rings is 1. The predicted octanol–water partition coefficient (Wildman–Crippen LogP) is 6.32. The molecular weight excluding hydrogens is 315 g/mol. The molecule has 3 heteroatoms. The molecule has 2 heterocycles. The molecule has 0 aromatic heterocycles. The summed E-state index contributed by atoms with van der Waals surface area (Å²) in [5.41, 5.74) is 2.90. The Kier molecular flexibility index (Phi) is 3.50. The van der Waals surface area contributed by atoms with Crippen LogP contribution in [0.15, 0.2) is 18.2 Å². The molecule has 3 aliphatic rings. The van der Waals surface area contributed by atoms with Gasteiger partial charge in [0.15, 0.2) is 0 Å². The van der Waals surface area contributed by atoms with Crippen molar-refractivity contribution in [1.82, 2.24) is 0 Å². The van der Waals surface area contributed by atoms with E-state index < -0.39 is 8.15 Å². The van der Waals surface area contributed by atoms with Crippen molar-refractivity contribution >= 4 is 8.15 Å². The maximum atomic E-state index is 6.59. The van der Waals surface area contributed by atoms with Crippen molar-refractivity contribution in [3.63, 3.8) is 0 Å². The van der Waals surface area contributed by atoms with Crippen LogP contribution in [0.5, 0.6) is 5.75 Å². The van der Waals surface area contributed by atoms with Gasteiger partial charge in [0.2, 0.25) is 0 Å². The lowest BCUT2D eigenvalue weighted by molar-refractivity contribution is -0.122. The highest BCUT2D eigenvalue weighted by Gasteiger charge is 2.56. The van der Waals surface area contributed by atoms with Gasteiger partial charge in [-0.25, -0.2) is 0 Å². The number of ether oxygens (including phenoxy) is 1. The Hall–Kier alpha value is -0.590. The van der Waals surface area contributed by atoms with Crippen molar-refractivity contribution < 1.29 is 9.26 Å². The molecule has 4 rings (SSSR count). The third-order valence-electron chi connectivity index (χ3n) is 7.03. The van der Waals surface area contributed by atoms with Crippen molar-refractivity contribution in [1.29, 1.82) is 0 Å². The number of hydrogen-bond donors (Lipinski definition) is 0. The highest BCUT2D eigenvalue weighted by atomic mass is 31.1. The van der Waals surface area contributed by atoms with Crippen LogP contribution in [-0.2, 0) is 15.9 Å². The summed E-state index contributed by atoms with van der Waals surface area (Å²) in [6.07, 6.45) is 6.08. The van der Waals surface area contributed by atoms with Crippen LogP contribution in [0.2, 0.25) is 0 Å². The Morgan fingerprint density at radius 3 is 2.21 bits per heavy atom. The second-order valence-corrected chi connectivity index (χ2v) is 12.0. The van der Waals surface area contributed by atoms with E-state index >= 15 is 0 Å². The lowest BCUT2D eigenvalue weighted by Crippen LogP contribution is -2.51. The van der Waals surface area contributed by atoms with Crippen molar-refractivity contribution in [3.8, 4) is 5.75 Å². The summed E-state index contributed by atoms with van der Waals surface area (Å²) < 4.78 is 13.1. The first kappa shape index (κ1) is 16.9. The molecule has 0 amide bonds. The molecule has 1 unspecified atom stereocenters. The zero-order chi connectivity index (χ0) is 17.4. The molecule has 1 aromatic carbocycles. The fourth-order valence-electron chi connectivity index (χ4n) is 4.66.